The van der Waals surface area contributed by atoms with E-state index in [0.29, 0.717) is 18.5 Å². The molecule has 20 heavy (non-hydrogen) atoms. The summed E-state index contributed by atoms with van der Waals surface area (Å²) < 4.78 is 0. The molecule has 1 heterocycles. The van der Waals surface area contributed by atoms with Crippen LogP contribution in [-0.4, -0.2) is 24.1 Å². The quantitative estimate of drug-likeness (QED) is 0.790. The van der Waals surface area contributed by atoms with Crippen molar-refractivity contribution in [1.29, 1.82) is 5.26 Å². The van der Waals surface area contributed by atoms with Gasteiger partial charge >= 0.3 is 0 Å². The number of nitrogens with zero attached hydrogens (tertiary/aromatic N) is 3. The smallest absolute Gasteiger partial charge is 0.128 e. The molecule has 0 saturated heterocycles. The largest absolute Gasteiger partial charge is 0.353 e. The van der Waals surface area contributed by atoms with Gasteiger partial charge < -0.3 is 10.2 Å². The summed E-state index contributed by atoms with van der Waals surface area (Å²) >= 11 is 0. The van der Waals surface area contributed by atoms with Crippen LogP contribution in [0.5, 0.6) is 0 Å². The third kappa shape index (κ3) is 4.82. The summed E-state index contributed by atoms with van der Waals surface area (Å²) in [6.45, 7) is 10.3. The van der Waals surface area contributed by atoms with E-state index in [2.05, 4.69) is 61.1 Å². The summed E-state index contributed by atoms with van der Waals surface area (Å²) in [7, 11) is 0. The molecule has 1 rings (SSSR count). The Morgan fingerprint density at radius 3 is 2.60 bits per heavy atom. The highest BCUT2D eigenvalue weighted by Crippen LogP contribution is 2.18. The summed E-state index contributed by atoms with van der Waals surface area (Å²) in [5.41, 5.74) is 1.20. The van der Waals surface area contributed by atoms with Crippen LogP contribution in [-0.2, 0) is 0 Å². The number of nitriles is 1. The van der Waals surface area contributed by atoms with Crippen molar-refractivity contribution in [1.82, 2.24) is 10.3 Å². The van der Waals surface area contributed by atoms with Crippen LogP contribution in [0.3, 0.4) is 0 Å². The Morgan fingerprint density at radius 2 is 2.10 bits per heavy atom. The van der Waals surface area contributed by atoms with E-state index < -0.39 is 0 Å². The van der Waals surface area contributed by atoms with Gasteiger partial charge in [0.2, 0.25) is 0 Å². The summed E-state index contributed by atoms with van der Waals surface area (Å²) in [5, 5.41) is 12.2. The second-order valence-electron chi connectivity index (χ2n) is 5.32. The van der Waals surface area contributed by atoms with E-state index in [4.69, 9.17) is 5.26 Å². The molecule has 0 bridgehead atoms. The Balaban J connectivity index is 2.75. The van der Waals surface area contributed by atoms with Crippen molar-refractivity contribution in [2.75, 3.05) is 18.0 Å². The van der Waals surface area contributed by atoms with Crippen LogP contribution in [0.15, 0.2) is 18.3 Å². The summed E-state index contributed by atoms with van der Waals surface area (Å²) in [5.74, 6) is 0.946. The molecule has 0 radical (unpaired) electrons. The maximum Gasteiger partial charge on any atom is 0.128 e. The van der Waals surface area contributed by atoms with Gasteiger partial charge in [-0.2, -0.15) is 5.26 Å². The molecule has 4 heteroatoms. The topological polar surface area (TPSA) is 52.0 Å². The fourth-order valence-corrected chi connectivity index (χ4v) is 2.11. The van der Waals surface area contributed by atoms with Gasteiger partial charge in [-0.3, -0.25) is 0 Å². The number of hydrogen-bond donors (Lipinski definition) is 1. The van der Waals surface area contributed by atoms with Crippen molar-refractivity contribution in [3.05, 3.63) is 23.9 Å². The fraction of sp³-hybridized carbons (Fsp3) is 0.625. The van der Waals surface area contributed by atoms with Gasteiger partial charge in [0.05, 0.1) is 12.5 Å². The van der Waals surface area contributed by atoms with Crippen LogP contribution >= 0.6 is 0 Å². The minimum absolute atomic E-state index is 0.322. The van der Waals surface area contributed by atoms with Crippen LogP contribution in [0, 0.1) is 11.3 Å². The highest BCUT2D eigenvalue weighted by atomic mass is 15.2. The first-order valence-corrected chi connectivity index (χ1v) is 7.43. The molecular formula is C16H26N4. The molecule has 0 aliphatic heterocycles. The highest BCUT2D eigenvalue weighted by molar-refractivity contribution is 5.40. The monoisotopic (exact) mass is 274 g/mol. The maximum atomic E-state index is 8.74. The maximum absolute atomic E-state index is 8.74. The Hall–Kier alpha value is -1.60. The average Bonchev–Trinajstić information content (AvgIpc) is 2.45. The van der Waals surface area contributed by atoms with Crippen molar-refractivity contribution in [2.24, 2.45) is 0 Å². The molecule has 0 aliphatic rings. The summed E-state index contributed by atoms with van der Waals surface area (Å²) in [6, 6.07) is 7.04. The number of aromatic nitrogens is 1. The van der Waals surface area contributed by atoms with Gasteiger partial charge in [-0.15, -0.1) is 0 Å². The summed E-state index contributed by atoms with van der Waals surface area (Å²) in [6.07, 6.45) is 3.59. The molecule has 110 valence electrons. The molecule has 1 N–H and O–H groups in total. The fourth-order valence-electron chi connectivity index (χ4n) is 2.11. The van der Waals surface area contributed by atoms with Gasteiger partial charge in [-0.1, -0.05) is 13.0 Å². The van der Waals surface area contributed by atoms with Crippen molar-refractivity contribution < 1.29 is 0 Å². The lowest BCUT2D eigenvalue weighted by atomic mass is 10.1. The minimum Gasteiger partial charge on any atom is -0.353 e. The SMILES string of the molecule is CCCNC(C)c1ccc(N(CCC#N)C(C)C)nc1. The van der Waals surface area contributed by atoms with Crippen LogP contribution in [0.1, 0.15) is 52.1 Å². The predicted molar refractivity (Wildman–Crippen MR) is 83.7 cm³/mol. The molecule has 1 aromatic rings. The first-order valence-electron chi connectivity index (χ1n) is 7.43. The number of rotatable bonds is 8. The van der Waals surface area contributed by atoms with Crippen LogP contribution < -0.4 is 10.2 Å². The molecule has 1 atom stereocenters. The Labute approximate surface area is 122 Å². The molecule has 0 aromatic carbocycles. The molecule has 4 nitrogen and oxygen atoms in total. The second-order valence-corrected chi connectivity index (χ2v) is 5.32. The molecule has 0 fully saturated rings. The van der Waals surface area contributed by atoms with E-state index in [1.165, 1.54) is 5.56 Å². The average molecular weight is 274 g/mol. The number of hydrogen-bond acceptors (Lipinski definition) is 4. The molecular weight excluding hydrogens is 248 g/mol. The van der Waals surface area contributed by atoms with Crippen molar-refractivity contribution in [3.8, 4) is 6.07 Å². The van der Waals surface area contributed by atoms with E-state index in [0.717, 1.165) is 25.3 Å². The first kappa shape index (κ1) is 16.5. The third-order valence-corrected chi connectivity index (χ3v) is 3.35. The van der Waals surface area contributed by atoms with E-state index in [1.807, 2.05) is 6.20 Å². The Morgan fingerprint density at radius 1 is 1.35 bits per heavy atom. The van der Waals surface area contributed by atoms with E-state index in [1.54, 1.807) is 0 Å². The van der Waals surface area contributed by atoms with Gasteiger partial charge in [0.15, 0.2) is 0 Å². The zero-order chi connectivity index (χ0) is 15.0. The Bertz CT molecular complexity index is 419. The number of pyridine rings is 1. The van der Waals surface area contributed by atoms with Crippen molar-refractivity contribution in [2.45, 2.75) is 52.6 Å². The van der Waals surface area contributed by atoms with Gasteiger partial charge in [-0.05, 0) is 45.4 Å². The lowest BCUT2D eigenvalue weighted by Crippen LogP contribution is -2.32. The van der Waals surface area contributed by atoms with E-state index in [-0.39, 0.29) is 0 Å². The minimum atomic E-state index is 0.322. The lowest BCUT2D eigenvalue weighted by Gasteiger charge is -2.27. The molecule has 1 aromatic heterocycles. The third-order valence-electron chi connectivity index (χ3n) is 3.35. The first-order chi connectivity index (χ1) is 9.60. The number of anilines is 1. The second kappa shape index (κ2) is 8.55. The molecule has 0 saturated carbocycles. The van der Waals surface area contributed by atoms with E-state index >= 15 is 0 Å². The predicted octanol–water partition coefficient (Wildman–Crippen LogP) is 3.27. The van der Waals surface area contributed by atoms with Gasteiger partial charge in [0.25, 0.3) is 0 Å². The van der Waals surface area contributed by atoms with Crippen molar-refractivity contribution in [3.63, 3.8) is 0 Å². The lowest BCUT2D eigenvalue weighted by molar-refractivity contribution is 0.568. The van der Waals surface area contributed by atoms with Gasteiger partial charge in [0.1, 0.15) is 5.82 Å². The standard InChI is InChI=1S/C16H26N4/c1-5-10-18-14(4)15-7-8-16(19-12-15)20(13(2)3)11-6-9-17/h7-8,12-14,18H,5-6,10-11H2,1-4H3. The highest BCUT2D eigenvalue weighted by Gasteiger charge is 2.12. The molecule has 0 amide bonds. The van der Waals surface area contributed by atoms with E-state index in [9.17, 15) is 0 Å². The Kier molecular flexibility index (Phi) is 7.03. The van der Waals surface area contributed by atoms with Gasteiger partial charge in [-0.25, -0.2) is 4.98 Å². The molecule has 0 aliphatic carbocycles. The van der Waals surface area contributed by atoms with Crippen LogP contribution in [0.4, 0.5) is 5.82 Å². The van der Waals surface area contributed by atoms with Crippen molar-refractivity contribution >= 4 is 5.82 Å². The summed E-state index contributed by atoms with van der Waals surface area (Å²) in [4.78, 5) is 6.72. The number of nitrogens with one attached hydrogen (secondary N) is 1. The normalized spacial score (nSPS) is 12.2. The van der Waals surface area contributed by atoms with Gasteiger partial charge in [0, 0.05) is 24.8 Å². The molecule has 1 unspecified atom stereocenters. The van der Waals surface area contributed by atoms with Crippen LogP contribution in [0.25, 0.3) is 0 Å². The zero-order valence-electron chi connectivity index (χ0n) is 13.1. The van der Waals surface area contributed by atoms with Crippen LogP contribution in [0.2, 0.25) is 0 Å². The zero-order valence-corrected chi connectivity index (χ0v) is 13.1. The molecule has 0 spiro atoms.